The molecule has 1 aromatic carbocycles. The Labute approximate surface area is 232 Å². The Morgan fingerprint density at radius 3 is 2.67 bits per heavy atom. The van der Waals surface area contributed by atoms with Gasteiger partial charge in [-0.3, -0.25) is 14.3 Å². The lowest BCUT2D eigenvalue weighted by atomic mass is 10.1. The molecule has 0 bridgehead atoms. The van der Waals surface area contributed by atoms with Crippen molar-refractivity contribution in [3.8, 4) is 17.1 Å². The van der Waals surface area contributed by atoms with Crippen molar-refractivity contribution >= 4 is 34.8 Å². The number of nitrogens with one attached hydrogen (secondary N) is 3. The van der Waals surface area contributed by atoms with E-state index in [1.54, 1.807) is 28.9 Å². The van der Waals surface area contributed by atoms with Crippen LogP contribution in [-0.2, 0) is 6.54 Å². The summed E-state index contributed by atoms with van der Waals surface area (Å²) in [6, 6.07) is 8.33. The van der Waals surface area contributed by atoms with Gasteiger partial charge in [-0.2, -0.15) is 5.10 Å². The summed E-state index contributed by atoms with van der Waals surface area (Å²) < 4.78 is 43.0. The van der Waals surface area contributed by atoms with Crippen LogP contribution in [-0.4, -0.2) is 73.3 Å². The first kappa shape index (κ1) is 21.8. The van der Waals surface area contributed by atoms with E-state index in [4.69, 9.17) is 8.85 Å². The van der Waals surface area contributed by atoms with Gasteiger partial charge in [0.1, 0.15) is 5.69 Å². The van der Waals surface area contributed by atoms with Gasteiger partial charge in [-0.25, -0.2) is 14.4 Å². The fourth-order valence-corrected chi connectivity index (χ4v) is 4.54. The largest absolute Gasteiger partial charge is 0.494 e. The Balaban J connectivity index is 1.33. The summed E-state index contributed by atoms with van der Waals surface area (Å²) in [7, 11) is 1.42. The molecule has 0 radical (unpaired) electrons. The molecule has 14 heteroatoms. The molecule has 40 heavy (non-hydrogen) atoms. The summed E-state index contributed by atoms with van der Waals surface area (Å²) in [4.78, 5) is 35.7. The highest BCUT2D eigenvalue weighted by atomic mass is 19.1. The summed E-state index contributed by atoms with van der Waals surface area (Å²) in [6.07, 6.45) is 4.05. The van der Waals surface area contributed by atoms with Crippen molar-refractivity contribution in [3.05, 3.63) is 59.9 Å². The van der Waals surface area contributed by atoms with Crippen molar-refractivity contribution in [2.75, 3.05) is 31.3 Å². The third-order valence-electron chi connectivity index (χ3n) is 6.53. The van der Waals surface area contributed by atoms with Crippen LogP contribution < -0.4 is 20.7 Å². The first-order chi connectivity index (χ1) is 20.6. The number of carbonyl (C=O) groups is 2. The Kier molecular flexibility index (Phi) is 5.55. The molecule has 1 aliphatic carbocycles. The predicted molar refractivity (Wildman–Crippen MR) is 142 cm³/mol. The minimum Gasteiger partial charge on any atom is -0.494 e. The van der Waals surface area contributed by atoms with Crippen LogP contribution in [0.25, 0.3) is 11.4 Å². The van der Waals surface area contributed by atoms with Crippen LogP contribution >= 0.6 is 0 Å². The number of rotatable bonds is 8. The molecule has 2 amide bonds. The van der Waals surface area contributed by atoms with Crippen molar-refractivity contribution in [2.24, 2.45) is 0 Å². The number of carbonyl (C=O) groups excluding carboxylic acids is 2. The van der Waals surface area contributed by atoms with Gasteiger partial charge in [-0.1, -0.05) is 6.07 Å². The quantitative estimate of drug-likeness (QED) is 0.300. The van der Waals surface area contributed by atoms with E-state index >= 15 is 0 Å². The second-order valence-corrected chi connectivity index (χ2v) is 9.17. The van der Waals surface area contributed by atoms with Crippen molar-refractivity contribution in [1.29, 1.82) is 0 Å². The number of amides is 2. The molecular formula is C26H25FN10O3. The highest BCUT2D eigenvalue weighted by Crippen LogP contribution is 2.37. The molecule has 2 aliphatic rings. The average Bonchev–Trinajstić information content (AvgIpc) is 3.72. The molecule has 4 heterocycles. The van der Waals surface area contributed by atoms with Crippen LogP contribution in [0.15, 0.2) is 42.7 Å². The van der Waals surface area contributed by atoms with Gasteiger partial charge in [0, 0.05) is 35.8 Å². The maximum absolute atomic E-state index is 13.4. The van der Waals surface area contributed by atoms with Crippen LogP contribution in [0.2, 0.25) is 0 Å². The van der Waals surface area contributed by atoms with Gasteiger partial charge in [0.2, 0.25) is 0 Å². The number of nitrogens with zero attached hydrogens (tertiary/aromatic N) is 7. The average molecular weight is 548 g/mol. The van der Waals surface area contributed by atoms with E-state index in [9.17, 15) is 14.0 Å². The van der Waals surface area contributed by atoms with Gasteiger partial charge >= 0.3 is 0 Å². The van der Waals surface area contributed by atoms with Gasteiger partial charge in [0.05, 0.1) is 43.0 Å². The fourth-order valence-electron chi connectivity index (χ4n) is 4.54. The molecule has 0 atom stereocenters. The molecular weight excluding hydrogens is 519 g/mol. The molecule has 6 rings (SSSR count). The lowest BCUT2D eigenvalue weighted by Gasteiger charge is -2.27. The number of hydrogen-bond donors (Lipinski definition) is 3. The number of methoxy groups -OCH3 is 1. The Bertz CT molecular complexity index is 1710. The summed E-state index contributed by atoms with van der Waals surface area (Å²) in [5, 5.41) is 20.5. The highest BCUT2D eigenvalue weighted by Gasteiger charge is 2.37. The first-order valence-corrected chi connectivity index (χ1v) is 12.4. The van der Waals surface area contributed by atoms with E-state index in [-0.39, 0.29) is 40.7 Å². The molecule has 4 aromatic rings. The zero-order chi connectivity index (χ0) is 30.3. The minimum absolute atomic E-state index is 0.0784. The second-order valence-electron chi connectivity index (χ2n) is 9.17. The van der Waals surface area contributed by atoms with Crippen LogP contribution in [0.5, 0.6) is 5.75 Å². The molecule has 1 saturated carbocycles. The number of ether oxygens (including phenoxy) is 1. The topological polar surface area (TPSA) is 152 Å². The fraction of sp³-hybridized carbons (Fsp3) is 0.269. The number of anilines is 4. The molecule has 0 saturated heterocycles. The van der Waals surface area contributed by atoms with Crippen molar-refractivity contribution in [2.45, 2.75) is 25.4 Å². The van der Waals surface area contributed by atoms with Crippen molar-refractivity contribution < 1.29 is 22.8 Å². The van der Waals surface area contributed by atoms with Crippen LogP contribution in [0.1, 0.15) is 37.9 Å². The summed E-state index contributed by atoms with van der Waals surface area (Å²) in [5.41, 5.74) is 0.985. The lowest BCUT2D eigenvalue weighted by Crippen LogP contribution is -2.41. The molecule has 1 fully saturated rings. The number of hydrogen-bond acceptors (Lipinski definition) is 10. The number of benzene rings is 1. The number of fused-ring (bicyclic) bond motifs is 1. The first-order valence-electron chi connectivity index (χ1n) is 13.9. The maximum Gasteiger partial charge on any atom is 0.273 e. The van der Waals surface area contributed by atoms with E-state index in [0.29, 0.717) is 35.9 Å². The SMILES string of the molecule is [2H]C([2H])([2H])NC(=O)c1nnc(Nc2cc3n(n2)CCN(C2CC2)C3=O)cc1Nc1cccc(-c2ncc(F)cn2)c1OC. The normalized spacial score (nSPS) is 15.9. The van der Waals surface area contributed by atoms with E-state index in [2.05, 4.69) is 35.9 Å². The number of aromatic nitrogens is 6. The number of halogens is 1. The van der Waals surface area contributed by atoms with Crippen LogP contribution in [0, 0.1) is 5.82 Å². The van der Waals surface area contributed by atoms with Gasteiger partial charge in [0.25, 0.3) is 11.8 Å². The molecule has 0 spiro atoms. The zero-order valence-corrected chi connectivity index (χ0v) is 21.2. The molecule has 3 aromatic heterocycles. The standard InChI is InChI=1S/C26H25FN10O3/c1-28-25(38)22-18(31-17-5-3-4-16(23(17)40-2)24-29-12-14(27)13-30-24)10-20(33-34-22)32-21-11-19-26(39)36(15-6-7-15)8-9-37(19)35-21/h3-5,10-13,15H,6-9H2,1-2H3,(H,28,38)(H2,31,32,33,35)/i1D3. The Morgan fingerprint density at radius 1 is 1.10 bits per heavy atom. The molecule has 0 unspecified atom stereocenters. The van der Waals surface area contributed by atoms with E-state index < -0.39 is 18.7 Å². The monoisotopic (exact) mass is 547 g/mol. The molecule has 13 nitrogen and oxygen atoms in total. The summed E-state index contributed by atoms with van der Waals surface area (Å²) in [6.45, 7) is -1.64. The van der Waals surface area contributed by atoms with E-state index in [1.807, 2.05) is 10.2 Å². The van der Waals surface area contributed by atoms with Crippen molar-refractivity contribution in [3.63, 3.8) is 0 Å². The molecule has 1 aliphatic heterocycles. The van der Waals surface area contributed by atoms with Gasteiger partial charge in [-0.05, 0) is 25.0 Å². The minimum atomic E-state index is -2.78. The smallest absolute Gasteiger partial charge is 0.273 e. The van der Waals surface area contributed by atoms with E-state index in [1.165, 1.54) is 13.2 Å². The maximum atomic E-state index is 13.4. The third-order valence-corrected chi connectivity index (χ3v) is 6.53. The van der Waals surface area contributed by atoms with Crippen LogP contribution in [0.3, 0.4) is 0 Å². The van der Waals surface area contributed by atoms with Gasteiger partial charge < -0.3 is 25.6 Å². The summed E-state index contributed by atoms with van der Waals surface area (Å²) in [5.74, 6) is -0.730. The second kappa shape index (κ2) is 10.2. The van der Waals surface area contributed by atoms with Crippen LogP contribution in [0.4, 0.5) is 27.4 Å². The van der Waals surface area contributed by atoms with Gasteiger partial charge in [-0.15, -0.1) is 10.2 Å². The zero-order valence-electron chi connectivity index (χ0n) is 24.2. The van der Waals surface area contributed by atoms with E-state index in [0.717, 1.165) is 25.2 Å². The lowest BCUT2D eigenvalue weighted by molar-refractivity contribution is 0.0683. The molecule has 204 valence electrons. The van der Waals surface area contributed by atoms with Gasteiger partial charge in [0.15, 0.2) is 34.7 Å². The number of para-hydroxylation sites is 1. The third kappa shape index (κ3) is 4.74. The Morgan fingerprint density at radius 2 is 1.93 bits per heavy atom. The predicted octanol–water partition coefficient (Wildman–Crippen LogP) is 2.74. The highest BCUT2D eigenvalue weighted by molar-refractivity contribution is 5.99. The summed E-state index contributed by atoms with van der Waals surface area (Å²) >= 11 is 0. The molecule has 3 N–H and O–H groups in total. The Hall–Kier alpha value is -5.14. The van der Waals surface area contributed by atoms with Crippen molar-refractivity contribution in [1.82, 2.24) is 40.2 Å².